The van der Waals surface area contributed by atoms with Crippen LogP contribution in [0.25, 0.3) is 33.0 Å². The van der Waals surface area contributed by atoms with Gasteiger partial charge in [0, 0.05) is 41.4 Å². The van der Waals surface area contributed by atoms with Crippen molar-refractivity contribution in [2.45, 2.75) is 64.2 Å². The Bertz CT molecular complexity index is 1670. The molecule has 10 nitrogen and oxygen atoms in total. The molecule has 204 valence electrons. The lowest BCUT2D eigenvalue weighted by molar-refractivity contribution is -0.0341. The number of imidazole rings is 1. The van der Waals surface area contributed by atoms with Gasteiger partial charge in [0.15, 0.2) is 17.7 Å². The molecule has 1 aliphatic rings. The van der Waals surface area contributed by atoms with Crippen LogP contribution in [0.3, 0.4) is 0 Å². The molecule has 0 radical (unpaired) electrons. The Morgan fingerprint density at radius 3 is 2.51 bits per heavy atom. The number of aliphatic hydroxyl groups excluding tert-OH is 2. The van der Waals surface area contributed by atoms with Crippen LogP contribution in [0.5, 0.6) is 0 Å². The van der Waals surface area contributed by atoms with Crippen molar-refractivity contribution in [2.24, 2.45) is 0 Å². The summed E-state index contributed by atoms with van der Waals surface area (Å²) in [5.74, 6) is 0.250. The van der Waals surface area contributed by atoms with E-state index in [1.165, 1.54) is 45.6 Å². The number of hydrogen-bond donors (Lipinski definition) is 4. The van der Waals surface area contributed by atoms with Crippen molar-refractivity contribution in [3.63, 3.8) is 0 Å². The van der Waals surface area contributed by atoms with Gasteiger partial charge in [0.1, 0.15) is 30.2 Å². The summed E-state index contributed by atoms with van der Waals surface area (Å²) in [5.41, 5.74) is 11.8. The van der Waals surface area contributed by atoms with Crippen molar-refractivity contribution in [2.75, 3.05) is 18.8 Å². The van der Waals surface area contributed by atoms with Crippen LogP contribution >= 0.6 is 0 Å². The number of aliphatic hydroxyl groups is 2. The van der Waals surface area contributed by atoms with Crippen molar-refractivity contribution < 1.29 is 14.9 Å². The second kappa shape index (κ2) is 9.56. The molecule has 5 N–H and O–H groups in total. The summed E-state index contributed by atoms with van der Waals surface area (Å²) in [6, 6.07) is 13.4. The largest absolute Gasteiger partial charge is 0.387 e. The zero-order chi connectivity index (χ0) is 27.5. The second-order valence-corrected chi connectivity index (χ2v) is 11.5. The average Bonchev–Trinajstić information content (AvgIpc) is 3.54. The fourth-order valence-electron chi connectivity index (χ4n) is 5.53. The average molecular weight is 530 g/mol. The highest BCUT2D eigenvalue weighted by Gasteiger charge is 2.44. The van der Waals surface area contributed by atoms with E-state index in [2.05, 4.69) is 88.9 Å². The van der Waals surface area contributed by atoms with E-state index in [0.29, 0.717) is 24.3 Å². The van der Waals surface area contributed by atoms with Gasteiger partial charge in [-0.25, -0.2) is 15.0 Å². The summed E-state index contributed by atoms with van der Waals surface area (Å²) >= 11 is 0. The van der Waals surface area contributed by atoms with Gasteiger partial charge in [-0.1, -0.05) is 45.0 Å². The molecule has 0 aliphatic carbocycles. The standard InChI is InChI=1S/C29H35N7O3/c1-16-5-7-18-19-8-6-17(29(2,3)4)12-21(19)35(20(18)11-16)10-9-31-13-22-24(37)25(38)28(39-22)36-15-34-23-26(30)32-14-33-27(23)36/h5-8,11-12,14-15,22,24-25,28,31,37-38H,9-10,13H2,1-4H3,(H2,30,32,33). The van der Waals surface area contributed by atoms with Gasteiger partial charge >= 0.3 is 0 Å². The monoisotopic (exact) mass is 529 g/mol. The summed E-state index contributed by atoms with van der Waals surface area (Å²) in [6.07, 6.45) is -0.794. The molecule has 0 spiro atoms. The topological polar surface area (TPSA) is 136 Å². The third kappa shape index (κ3) is 4.43. The zero-order valence-corrected chi connectivity index (χ0v) is 22.7. The normalized spacial score (nSPS) is 22.0. The molecule has 4 unspecified atom stereocenters. The van der Waals surface area contributed by atoms with E-state index < -0.39 is 24.5 Å². The van der Waals surface area contributed by atoms with Crippen LogP contribution in [0, 0.1) is 6.92 Å². The number of fused-ring (bicyclic) bond motifs is 4. The summed E-state index contributed by atoms with van der Waals surface area (Å²) in [5, 5.41) is 27.4. The number of nitrogens with two attached hydrogens (primary N) is 1. The van der Waals surface area contributed by atoms with Crippen molar-refractivity contribution in [3.05, 3.63) is 60.2 Å². The van der Waals surface area contributed by atoms with Crippen LogP contribution in [0.1, 0.15) is 38.1 Å². The molecule has 0 amide bonds. The Balaban J connectivity index is 1.19. The maximum Gasteiger partial charge on any atom is 0.167 e. The van der Waals surface area contributed by atoms with E-state index in [9.17, 15) is 10.2 Å². The molecule has 1 saturated heterocycles. The fraction of sp³-hybridized carbons (Fsp3) is 0.414. The number of aromatic nitrogens is 5. The predicted molar refractivity (Wildman–Crippen MR) is 151 cm³/mol. The number of rotatable bonds is 6. The summed E-state index contributed by atoms with van der Waals surface area (Å²) in [6.45, 7) is 10.6. The minimum atomic E-state index is -1.14. The van der Waals surface area contributed by atoms with E-state index in [4.69, 9.17) is 10.5 Å². The first kappa shape index (κ1) is 25.7. The van der Waals surface area contributed by atoms with E-state index in [0.717, 1.165) is 6.54 Å². The third-order valence-corrected chi connectivity index (χ3v) is 7.74. The highest BCUT2D eigenvalue weighted by Crippen LogP contribution is 2.34. The van der Waals surface area contributed by atoms with Crippen LogP contribution in [0.2, 0.25) is 0 Å². The van der Waals surface area contributed by atoms with Gasteiger partial charge in [-0.3, -0.25) is 4.57 Å². The van der Waals surface area contributed by atoms with Crippen LogP contribution in [-0.2, 0) is 16.7 Å². The van der Waals surface area contributed by atoms with Gasteiger partial charge in [-0.05, 0) is 35.6 Å². The van der Waals surface area contributed by atoms with Crippen molar-refractivity contribution in [1.82, 2.24) is 29.4 Å². The molecule has 3 aromatic heterocycles. The first-order valence-electron chi connectivity index (χ1n) is 13.3. The summed E-state index contributed by atoms with van der Waals surface area (Å²) in [4.78, 5) is 12.4. The summed E-state index contributed by atoms with van der Waals surface area (Å²) in [7, 11) is 0. The van der Waals surface area contributed by atoms with Gasteiger partial charge in [0.25, 0.3) is 0 Å². The number of benzene rings is 2. The first-order chi connectivity index (χ1) is 18.6. The third-order valence-electron chi connectivity index (χ3n) is 7.74. The Labute approximate surface area is 226 Å². The van der Waals surface area contributed by atoms with Crippen LogP contribution in [0.4, 0.5) is 5.82 Å². The van der Waals surface area contributed by atoms with Gasteiger partial charge in [-0.15, -0.1) is 0 Å². The van der Waals surface area contributed by atoms with E-state index in [-0.39, 0.29) is 11.2 Å². The minimum Gasteiger partial charge on any atom is -0.387 e. The first-order valence-corrected chi connectivity index (χ1v) is 13.3. The van der Waals surface area contributed by atoms with E-state index >= 15 is 0 Å². The van der Waals surface area contributed by atoms with E-state index in [1.807, 2.05) is 0 Å². The van der Waals surface area contributed by atoms with Gasteiger partial charge in [0.05, 0.1) is 6.33 Å². The maximum atomic E-state index is 10.8. The number of nitrogens with one attached hydrogen (secondary N) is 1. The van der Waals surface area contributed by atoms with Crippen LogP contribution in [-0.4, -0.2) is 65.7 Å². The Kier molecular flexibility index (Phi) is 6.30. The number of hydrogen-bond acceptors (Lipinski definition) is 8. The predicted octanol–water partition coefficient (Wildman–Crippen LogP) is 3.03. The Morgan fingerprint density at radius 2 is 1.74 bits per heavy atom. The van der Waals surface area contributed by atoms with Gasteiger partial charge in [-0.2, -0.15) is 0 Å². The molecule has 0 saturated carbocycles. The van der Waals surface area contributed by atoms with Gasteiger partial charge in [0.2, 0.25) is 0 Å². The Hall–Kier alpha value is -3.57. The van der Waals surface area contributed by atoms with Crippen molar-refractivity contribution in [1.29, 1.82) is 0 Å². The second-order valence-electron chi connectivity index (χ2n) is 11.5. The molecule has 39 heavy (non-hydrogen) atoms. The smallest absolute Gasteiger partial charge is 0.167 e. The minimum absolute atomic E-state index is 0.0509. The van der Waals surface area contributed by atoms with Crippen LogP contribution in [0.15, 0.2) is 49.1 Å². The quantitative estimate of drug-likeness (QED) is 0.247. The molecular formula is C29H35N7O3. The molecule has 0 bridgehead atoms. The highest BCUT2D eigenvalue weighted by atomic mass is 16.6. The van der Waals surface area contributed by atoms with Crippen LogP contribution < -0.4 is 11.1 Å². The van der Waals surface area contributed by atoms with E-state index in [1.54, 1.807) is 4.57 Å². The zero-order valence-electron chi connectivity index (χ0n) is 22.7. The lowest BCUT2D eigenvalue weighted by atomic mass is 9.86. The molecule has 6 rings (SSSR count). The lowest BCUT2D eigenvalue weighted by Crippen LogP contribution is -2.38. The molecule has 4 atom stereocenters. The number of aryl methyl sites for hydroxylation is 1. The lowest BCUT2D eigenvalue weighted by Gasteiger charge is -2.20. The summed E-state index contributed by atoms with van der Waals surface area (Å²) < 4.78 is 10.0. The number of anilines is 1. The Morgan fingerprint density at radius 1 is 1.00 bits per heavy atom. The van der Waals surface area contributed by atoms with Crippen molar-refractivity contribution >= 4 is 38.8 Å². The maximum absolute atomic E-state index is 10.8. The molecular weight excluding hydrogens is 494 g/mol. The van der Waals surface area contributed by atoms with Crippen molar-refractivity contribution in [3.8, 4) is 0 Å². The molecule has 4 heterocycles. The molecule has 1 fully saturated rings. The highest BCUT2D eigenvalue weighted by molar-refractivity contribution is 6.08. The number of ether oxygens (including phenoxy) is 1. The van der Waals surface area contributed by atoms with Gasteiger partial charge < -0.3 is 30.6 Å². The fourth-order valence-corrected chi connectivity index (χ4v) is 5.53. The SMILES string of the molecule is Cc1ccc2c3ccc(C(C)(C)C)cc3n(CCNCC3OC(n4cnc5c(N)ncnc54)C(O)C3O)c2c1. The molecule has 5 aromatic rings. The number of nitrogen functional groups attached to an aromatic ring is 1. The number of nitrogens with zero attached hydrogens (tertiary/aromatic N) is 5. The molecule has 10 heteroatoms. The molecule has 1 aliphatic heterocycles. The molecule has 2 aromatic carbocycles.